The molecule has 1 heterocycles. The molecule has 1 aromatic rings. The Kier molecular flexibility index (Phi) is 4.63. The Bertz CT molecular complexity index is 436. The number of rotatable bonds is 4. The number of amides is 2. The van der Waals surface area contributed by atoms with Crippen LogP contribution >= 0.6 is 0 Å². The molecule has 0 bridgehead atoms. The fourth-order valence-corrected chi connectivity index (χ4v) is 2.39. The summed E-state index contributed by atoms with van der Waals surface area (Å²) in [5, 5.41) is 2.90. The van der Waals surface area contributed by atoms with Crippen LogP contribution in [0.5, 0.6) is 5.75 Å². The van der Waals surface area contributed by atoms with E-state index in [9.17, 15) is 4.79 Å². The van der Waals surface area contributed by atoms with E-state index >= 15 is 0 Å². The second-order valence-electron chi connectivity index (χ2n) is 4.84. The Morgan fingerprint density at radius 2 is 2.42 bits per heavy atom. The van der Waals surface area contributed by atoms with Gasteiger partial charge in [0.2, 0.25) is 0 Å². The van der Waals surface area contributed by atoms with Gasteiger partial charge in [-0.1, -0.05) is 6.07 Å². The lowest BCUT2D eigenvalue weighted by atomic mass is 10.1. The fraction of sp³-hybridized carbons (Fsp3) is 0.500. The second kappa shape index (κ2) is 6.43. The molecule has 1 aliphatic heterocycles. The van der Waals surface area contributed by atoms with Crippen molar-refractivity contribution in [3.05, 3.63) is 24.3 Å². The molecule has 2 rings (SSSR count). The zero-order valence-electron chi connectivity index (χ0n) is 11.3. The number of carbonyl (C=O) groups is 1. The highest BCUT2D eigenvalue weighted by Crippen LogP contribution is 2.21. The molecule has 0 saturated carbocycles. The predicted octanol–water partition coefficient (Wildman–Crippen LogP) is 1.90. The van der Waals surface area contributed by atoms with Crippen molar-refractivity contribution in [2.75, 3.05) is 32.1 Å². The van der Waals surface area contributed by atoms with Crippen LogP contribution in [-0.4, -0.2) is 37.7 Å². The standard InChI is InChI=1S/C14H21N3O2/c1-19-13-4-2-3-12(9-13)16-14(18)17-8-6-11(10-17)5-7-15/h2-4,9,11H,5-8,10,15H2,1H3,(H,16,18). The molecule has 5 nitrogen and oxygen atoms in total. The molecule has 19 heavy (non-hydrogen) atoms. The van der Waals surface area contributed by atoms with Gasteiger partial charge in [0.05, 0.1) is 7.11 Å². The summed E-state index contributed by atoms with van der Waals surface area (Å²) in [5.41, 5.74) is 6.31. The second-order valence-corrected chi connectivity index (χ2v) is 4.84. The maximum absolute atomic E-state index is 12.1. The first-order valence-electron chi connectivity index (χ1n) is 6.63. The van der Waals surface area contributed by atoms with Crippen LogP contribution in [0, 0.1) is 5.92 Å². The summed E-state index contributed by atoms with van der Waals surface area (Å²) in [6.45, 7) is 2.30. The van der Waals surface area contributed by atoms with Gasteiger partial charge in [-0.2, -0.15) is 0 Å². The lowest BCUT2D eigenvalue weighted by Crippen LogP contribution is -2.33. The molecule has 1 fully saturated rings. The van der Waals surface area contributed by atoms with E-state index in [1.165, 1.54) is 0 Å². The Morgan fingerprint density at radius 3 is 3.16 bits per heavy atom. The molecular formula is C14H21N3O2. The monoisotopic (exact) mass is 263 g/mol. The van der Waals surface area contributed by atoms with Crippen LogP contribution in [0.25, 0.3) is 0 Å². The summed E-state index contributed by atoms with van der Waals surface area (Å²) in [7, 11) is 1.61. The Labute approximate surface area is 113 Å². The quantitative estimate of drug-likeness (QED) is 0.871. The number of urea groups is 1. The third kappa shape index (κ3) is 3.61. The van der Waals surface area contributed by atoms with Crippen molar-refractivity contribution in [1.82, 2.24) is 4.90 Å². The molecule has 3 N–H and O–H groups in total. The maximum Gasteiger partial charge on any atom is 0.321 e. The van der Waals surface area contributed by atoms with Crippen molar-refractivity contribution < 1.29 is 9.53 Å². The highest BCUT2D eigenvalue weighted by Gasteiger charge is 2.25. The molecule has 0 radical (unpaired) electrons. The minimum absolute atomic E-state index is 0.0484. The van der Waals surface area contributed by atoms with Crippen molar-refractivity contribution in [2.24, 2.45) is 11.7 Å². The Morgan fingerprint density at radius 1 is 1.58 bits per heavy atom. The largest absolute Gasteiger partial charge is 0.497 e. The van der Waals surface area contributed by atoms with Crippen LogP contribution in [0.1, 0.15) is 12.8 Å². The van der Waals surface area contributed by atoms with Crippen molar-refractivity contribution in [1.29, 1.82) is 0 Å². The van der Waals surface area contributed by atoms with Crippen LogP contribution in [0.2, 0.25) is 0 Å². The van der Waals surface area contributed by atoms with Crippen LogP contribution in [-0.2, 0) is 0 Å². The summed E-state index contributed by atoms with van der Waals surface area (Å²) in [5.74, 6) is 1.28. The van der Waals surface area contributed by atoms with E-state index in [2.05, 4.69) is 5.32 Å². The lowest BCUT2D eigenvalue weighted by Gasteiger charge is -2.17. The number of nitrogens with zero attached hydrogens (tertiary/aromatic N) is 1. The third-order valence-corrected chi connectivity index (χ3v) is 3.47. The van der Waals surface area contributed by atoms with Gasteiger partial charge in [-0.15, -0.1) is 0 Å². The van der Waals surface area contributed by atoms with Gasteiger partial charge in [0, 0.05) is 24.8 Å². The zero-order chi connectivity index (χ0) is 13.7. The van der Waals surface area contributed by atoms with E-state index in [0.29, 0.717) is 12.5 Å². The number of likely N-dealkylation sites (tertiary alicyclic amines) is 1. The minimum atomic E-state index is -0.0484. The van der Waals surface area contributed by atoms with Gasteiger partial charge in [0.25, 0.3) is 0 Å². The van der Waals surface area contributed by atoms with E-state index in [1.54, 1.807) is 7.11 Å². The zero-order valence-corrected chi connectivity index (χ0v) is 11.3. The molecule has 104 valence electrons. The van der Waals surface area contributed by atoms with Crippen LogP contribution in [0.15, 0.2) is 24.3 Å². The normalized spacial score (nSPS) is 18.4. The van der Waals surface area contributed by atoms with Crippen molar-refractivity contribution in [2.45, 2.75) is 12.8 Å². The van der Waals surface area contributed by atoms with E-state index in [4.69, 9.17) is 10.5 Å². The topological polar surface area (TPSA) is 67.6 Å². The van der Waals surface area contributed by atoms with Gasteiger partial charge in [-0.05, 0) is 37.4 Å². The van der Waals surface area contributed by atoms with Gasteiger partial charge in [-0.3, -0.25) is 0 Å². The molecule has 5 heteroatoms. The number of nitrogens with two attached hydrogens (primary N) is 1. The molecule has 1 saturated heterocycles. The van der Waals surface area contributed by atoms with Crippen molar-refractivity contribution in [3.63, 3.8) is 0 Å². The average Bonchev–Trinajstić information content (AvgIpc) is 2.88. The number of hydrogen-bond donors (Lipinski definition) is 2. The highest BCUT2D eigenvalue weighted by molar-refractivity contribution is 5.89. The predicted molar refractivity (Wildman–Crippen MR) is 75.4 cm³/mol. The molecule has 0 spiro atoms. The van der Waals surface area contributed by atoms with E-state index in [0.717, 1.165) is 37.4 Å². The van der Waals surface area contributed by atoms with Crippen molar-refractivity contribution >= 4 is 11.7 Å². The van der Waals surface area contributed by atoms with E-state index in [-0.39, 0.29) is 6.03 Å². The Balaban J connectivity index is 1.90. The number of nitrogens with one attached hydrogen (secondary N) is 1. The molecule has 2 amide bonds. The Hall–Kier alpha value is -1.75. The number of hydrogen-bond acceptors (Lipinski definition) is 3. The summed E-state index contributed by atoms with van der Waals surface area (Å²) in [6.07, 6.45) is 2.03. The highest BCUT2D eigenvalue weighted by atomic mass is 16.5. The number of methoxy groups -OCH3 is 1. The summed E-state index contributed by atoms with van der Waals surface area (Å²) >= 11 is 0. The van der Waals surface area contributed by atoms with Crippen LogP contribution in [0.3, 0.4) is 0 Å². The first-order valence-corrected chi connectivity index (χ1v) is 6.63. The summed E-state index contributed by atoms with van der Waals surface area (Å²) < 4.78 is 5.13. The lowest BCUT2D eigenvalue weighted by molar-refractivity contribution is 0.220. The fourth-order valence-electron chi connectivity index (χ4n) is 2.39. The average molecular weight is 263 g/mol. The van der Waals surface area contributed by atoms with Gasteiger partial charge >= 0.3 is 6.03 Å². The number of ether oxygens (including phenoxy) is 1. The number of benzene rings is 1. The van der Waals surface area contributed by atoms with Gasteiger partial charge in [0.1, 0.15) is 5.75 Å². The van der Waals surface area contributed by atoms with Gasteiger partial charge in [0.15, 0.2) is 0 Å². The number of anilines is 1. The molecular weight excluding hydrogens is 242 g/mol. The molecule has 0 aliphatic carbocycles. The number of carbonyl (C=O) groups excluding carboxylic acids is 1. The van der Waals surface area contributed by atoms with Crippen molar-refractivity contribution in [3.8, 4) is 5.75 Å². The first-order chi connectivity index (χ1) is 9.22. The summed E-state index contributed by atoms with van der Waals surface area (Å²) in [4.78, 5) is 14.0. The molecule has 1 aromatic carbocycles. The molecule has 0 aromatic heterocycles. The minimum Gasteiger partial charge on any atom is -0.497 e. The van der Waals surface area contributed by atoms with Crippen LogP contribution in [0.4, 0.5) is 10.5 Å². The van der Waals surface area contributed by atoms with Gasteiger partial charge in [-0.25, -0.2) is 4.79 Å². The van der Waals surface area contributed by atoms with E-state index < -0.39 is 0 Å². The first kappa shape index (κ1) is 13.7. The SMILES string of the molecule is COc1cccc(NC(=O)N2CCC(CCN)C2)c1. The molecule has 1 unspecified atom stereocenters. The molecule has 1 atom stereocenters. The van der Waals surface area contributed by atoms with Crippen LogP contribution < -0.4 is 15.8 Å². The summed E-state index contributed by atoms with van der Waals surface area (Å²) in [6, 6.07) is 7.32. The van der Waals surface area contributed by atoms with Gasteiger partial charge < -0.3 is 20.7 Å². The third-order valence-electron chi connectivity index (χ3n) is 3.47. The van der Waals surface area contributed by atoms with E-state index in [1.807, 2.05) is 29.2 Å². The molecule has 1 aliphatic rings. The smallest absolute Gasteiger partial charge is 0.321 e. The maximum atomic E-state index is 12.1.